The van der Waals surface area contributed by atoms with Gasteiger partial charge in [0.15, 0.2) is 6.29 Å². The number of hydrogen-bond acceptors (Lipinski definition) is 3. The van der Waals surface area contributed by atoms with Crippen LogP contribution in [0, 0.1) is 0 Å². The van der Waals surface area contributed by atoms with Gasteiger partial charge in [0.2, 0.25) is 0 Å². The van der Waals surface area contributed by atoms with E-state index in [2.05, 4.69) is 0 Å². The molecule has 0 bridgehead atoms. The first kappa shape index (κ1) is 8.74. The predicted molar refractivity (Wildman–Crippen MR) is 41.2 cm³/mol. The number of benzene rings is 1. The van der Waals surface area contributed by atoms with Gasteiger partial charge in [-0.1, -0.05) is 11.6 Å². The highest BCUT2D eigenvalue weighted by Gasteiger charge is 2.02. The molecule has 0 heterocycles. The number of carbonyl (C=O) groups is 2. The second kappa shape index (κ2) is 3.36. The zero-order valence-electron chi connectivity index (χ0n) is 5.91. The van der Waals surface area contributed by atoms with Crippen LogP contribution in [0.2, 0.25) is 5.02 Å². The summed E-state index contributed by atoms with van der Waals surface area (Å²) in [6, 6.07) is 3.96. The molecule has 0 aliphatic carbocycles. The molecule has 0 amide bonds. The third-order valence-corrected chi connectivity index (χ3v) is 1.60. The van der Waals surface area contributed by atoms with Crippen LogP contribution in [0.1, 0.15) is 20.7 Å². The Morgan fingerprint density at radius 2 is 2.17 bits per heavy atom. The molecule has 1 rings (SSSR count). The van der Waals surface area contributed by atoms with Crippen LogP contribution in [0.15, 0.2) is 18.2 Å². The minimum atomic E-state index is -1.40. The zero-order chi connectivity index (χ0) is 9.14. The second-order valence-electron chi connectivity index (χ2n) is 2.14. The summed E-state index contributed by atoms with van der Waals surface area (Å²) in [7, 11) is 0. The van der Waals surface area contributed by atoms with Gasteiger partial charge in [-0.3, -0.25) is 4.79 Å². The lowest BCUT2D eigenvalue weighted by molar-refractivity contribution is -0.255. The number of aromatic carboxylic acids is 1. The van der Waals surface area contributed by atoms with Crippen LogP contribution in [0.5, 0.6) is 0 Å². The molecule has 0 N–H and O–H groups in total. The molecule has 0 unspecified atom stereocenters. The number of carboxylic acid groups (broad SMARTS) is 1. The number of aldehydes is 1. The minimum absolute atomic E-state index is 0.0689. The molecule has 4 heteroatoms. The van der Waals surface area contributed by atoms with E-state index >= 15 is 0 Å². The Hall–Kier alpha value is -1.35. The molecule has 62 valence electrons. The summed E-state index contributed by atoms with van der Waals surface area (Å²) in [4.78, 5) is 20.7. The van der Waals surface area contributed by atoms with Crippen molar-refractivity contribution >= 4 is 23.9 Å². The third kappa shape index (κ3) is 1.62. The molecule has 0 spiro atoms. The smallest absolute Gasteiger partial charge is 0.150 e. The molecule has 0 aliphatic rings. The molecule has 12 heavy (non-hydrogen) atoms. The molecule has 0 aromatic heterocycles. The van der Waals surface area contributed by atoms with Crippen molar-refractivity contribution in [3.63, 3.8) is 0 Å². The molecule has 0 radical (unpaired) electrons. The van der Waals surface area contributed by atoms with Crippen molar-refractivity contribution in [3.8, 4) is 0 Å². The van der Waals surface area contributed by atoms with Crippen LogP contribution in [0.4, 0.5) is 0 Å². The van der Waals surface area contributed by atoms with Crippen molar-refractivity contribution in [3.05, 3.63) is 34.3 Å². The van der Waals surface area contributed by atoms with Gasteiger partial charge >= 0.3 is 0 Å². The molecule has 1 aromatic rings. The largest absolute Gasteiger partial charge is 0.545 e. The monoisotopic (exact) mass is 183 g/mol. The maximum atomic E-state index is 10.4. The third-order valence-electron chi connectivity index (χ3n) is 1.36. The van der Waals surface area contributed by atoms with Crippen LogP contribution >= 0.6 is 11.6 Å². The summed E-state index contributed by atoms with van der Waals surface area (Å²) in [5.74, 6) is -1.40. The molecular weight excluding hydrogens is 180 g/mol. The van der Waals surface area contributed by atoms with E-state index in [4.69, 9.17) is 11.6 Å². The van der Waals surface area contributed by atoms with E-state index in [0.717, 1.165) is 0 Å². The molecule has 0 saturated heterocycles. The normalized spacial score (nSPS) is 9.42. The lowest BCUT2D eigenvalue weighted by atomic mass is 10.1. The Kier molecular flexibility index (Phi) is 2.45. The first-order valence-corrected chi connectivity index (χ1v) is 3.49. The van der Waals surface area contributed by atoms with Crippen molar-refractivity contribution < 1.29 is 14.7 Å². The highest BCUT2D eigenvalue weighted by Crippen LogP contribution is 2.13. The maximum absolute atomic E-state index is 10.4. The number of carboxylic acids is 1. The predicted octanol–water partition coefficient (Wildman–Crippen LogP) is 0.516. The first-order chi connectivity index (χ1) is 5.65. The van der Waals surface area contributed by atoms with Gasteiger partial charge in [0.05, 0.1) is 5.97 Å². The fourth-order valence-electron chi connectivity index (χ4n) is 0.808. The van der Waals surface area contributed by atoms with Gasteiger partial charge in [-0.2, -0.15) is 0 Å². The van der Waals surface area contributed by atoms with Gasteiger partial charge in [-0.25, -0.2) is 0 Å². The van der Waals surface area contributed by atoms with Crippen LogP contribution < -0.4 is 5.11 Å². The van der Waals surface area contributed by atoms with Crippen molar-refractivity contribution in [2.75, 3.05) is 0 Å². The average Bonchev–Trinajstić information content (AvgIpc) is 2.04. The average molecular weight is 184 g/mol. The van der Waals surface area contributed by atoms with Crippen molar-refractivity contribution in [2.24, 2.45) is 0 Å². The van der Waals surface area contributed by atoms with E-state index in [0.29, 0.717) is 6.29 Å². The van der Waals surface area contributed by atoms with E-state index in [-0.39, 0.29) is 16.1 Å². The van der Waals surface area contributed by atoms with Crippen LogP contribution in [-0.2, 0) is 0 Å². The maximum Gasteiger partial charge on any atom is 0.150 e. The van der Waals surface area contributed by atoms with Gasteiger partial charge < -0.3 is 9.90 Å². The lowest BCUT2D eigenvalue weighted by Crippen LogP contribution is -2.23. The van der Waals surface area contributed by atoms with Crippen LogP contribution in [0.3, 0.4) is 0 Å². The number of halogens is 1. The highest BCUT2D eigenvalue weighted by molar-refractivity contribution is 6.31. The number of carbonyl (C=O) groups excluding carboxylic acids is 2. The topological polar surface area (TPSA) is 57.2 Å². The van der Waals surface area contributed by atoms with Crippen molar-refractivity contribution in [1.82, 2.24) is 0 Å². The summed E-state index contributed by atoms with van der Waals surface area (Å²) >= 11 is 5.51. The fourth-order valence-corrected chi connectivity index (χ4v) is 0.980. The van der Waals surface area contributed by atoms with Gasteiger partial charge in [0.25, 0.3) is 0 Å². The molecule has 3 nitrogen and oxygen atoms in total. The van der Waals surface area contributed by atoms with E-state index in [1.54, 1.807) is 0 Å². The van der Waals surface area contributed by atoms with Crippen molar-refractivity contribution in [2.45, 2.75) is 0 Å². The molecule has 0 atom stereocenters. The summed E-state index contributed by atoms with van der Waals surface area (Å²) in [6.45, 7) is 0. The number of rotatable bonds is 2. The Morgan fingerprint density at radius 1 is 1.50 bits per heavy atom. The summed E-state index contributed by atoms with van der Waals surface area (Å²) in [5.41, 5.74) is -0.114. The van der Waals surface area contributed by atoms with Crippen LogP contribution in [0.25, 0.3) is 0 Å². The zero-order valence-corrected chi connectivity index (χ0v) is 6.67. The van der Waals surface area contributed by atoms with E-state index in [1.165, 1.54) is 18.2 Å². The Morgan fingerprint density at radius 3 is 2.67 bits per heavy atom. The molecule has 0 fully saturated rings. The summed E-state index contributed by atoms with van der Waals surface area (Å²) in [6.07, 6.45) is 0.446. The lowest BCUT2D eigenvalue weighted by Gasteiger charge is -2.04. The Balaban J connectivity index is 3.30. The van der Waals surface area contributed by atoms with Crippen molar-refractivity contribution in [1.29, 1.82) is 0 Å². The SMILES string of the molecule is O=Cc1ccc(Cl)cc1C(=O)[O-]. The molecule has 0 saturated carbocycles. The van der Waals surface area contributed by atoms with E-state index in [9.17, 15) is 14.7 Å². The Bertz CT molecular complexity index is 333. The van der Waals surface area contributed by atoms with E-state index in [1.807, 2.05) is 0 Å². The quantitative estimate of drug-likeness (QED) is 0.628. The van der Waals surface area contributed by atoms with E-state index < -0.39 is 5.97 Å². The van der Waals surface area contributed by atoms with Gasteiger partial charge in [0, 0.05) is 16.1 Å². The standard InChI is InChI=1S/C8H5ClO3/c9-6-2-1-5(4-10)7(3-6)8(11)12/h1-4H,(H,11,12)/p-1. The Labute approximate surface area is 73.6 Å². The fraction of sp³-hybridized carbons (Fsp3) is 0. The highest BCUT2D eigenvalue weighted by atomic mass is 35.5. The molecule has 1 aromatic carbocycles. The van der Waals surface area contributed by atoms with Crippen LogP contribution in [-0.4, -0.2) is 12.3 Å². The molecule has 0 aliphatic heterocycles. The minimum Gasteiger partial charge on any atom is -0.545 e. The first-order valence-electron chi connectivity index (χ1n) is 3.11. The van der Waals surface area contributed by atoms with Gasteiger partial charge in [-0.05, 0) is 18.2 Å². The van der Waals surface area contributed by atoms with Gasteiger partial charge in [0.1, 0.15) is 0 Å². The summed E-state index contributed by atoms with van der Waals surface area (Å²) in [5, 5.41) is 10.7. The summed E-state index contributed by atoms with van der Waals surface area (Å²) < 4.78 is 0. The molecular formula is C8H4ClO3-. The number of hydrogen-bond donors (Lipinski definition) is 0. The second-order valence-corrected chi connectivity index (χ2v) is 2.57. The van der Waals surface area contributed by atoms with Gasteiger partial charge in [-0.15, -0.1) is 0 Å².